The zero-order chi connectivity index (χ0) is 15.9. The van der Waals surface area contributed by atoms with Crippen molar-refractivity contribution in [3.63, 3.8) is 0 Å². The van der Waals surface area contributed by atoms with Crippen molar-refractivity contribution in [3.05, 3.63) is 34.2 Å². The third-order valence-corrected chi connectivity index (χ3v) is 2.50. The first-order chi connectivity index (χ1) is 9.85. The first-order valence-corrected chi connectivity index (χ1v) is 6.53. The van der Waals surface area contributed by atoms with Crippen LogP contribution < -0.4 is 10.1 Å². The number of benzene rings is 1. The van der Waals surface area contributed by atoms with Crippen LogP contribution in [0.3, 0.4) is 0 Å². The van der Waals surface area contributed by atoms with Crippen LogP contribution in [-0.2, 0) is 11.2 Å². The number of anilines is 1. The van der Waals surface area contributed by atoms with Crippen LogP contribution in [0.15, 0.2) is 23.3 Å². The summed E-state index contributed by atoms with van der Waals surface area (Å²) in [4.78, 5) is 14.6. The fraction of sp³-hybridized carbons (Fsp3) is 0.500. The van der Waals surface area contributed by atoms with E-state index >= 15 is 0 Å². The van der Waals surface area contributed by atoms with Gasteiger partial charge in [0.05, 0.1) is 12.8 Å². The number of methoxy groups -OCH3 is 1. The maximum Gasteiger partial charge on any atom is 0.412 e. The van der Waals surface area contributed by atoms with Crippen LogP contribution in [0.2, 0.25) is 0 Å². The molecule has 1 rings (SSSR count). The fourth-order valence-corrected chi connectivity index (χ4v) is 1.65. The van der Waals surface area contributed by atoms with E-state index in [-0.39, 0.29) is 0 Å². The van der Waals surface area contributed by atoms with Crippen molar-refractivity contribution in [2.24, 2.45) is 5.11 Å². The Labute approximate surface area is 123 Å². The van der Waals surface area contributed by atoms with Gasteiger partial charge in [-0.05, 0) is 44.4 Å². The Morgan fingerprint density at radius 2 is 2.14 bits per heavy atom. The molecule has 0 aliphatic rings. The van der Waals surface area contributed by atoms with Gasteiger partial charge in [-0.2, -0.15) is 0 Å². The Balaban J connectivity index is 2.90. The van der Waals surface area contributed by atoms with Crippen molar-refractivity contribution in [1.29, 1.82) is 0 Å². The maximum atomic E-state index is 11.9. The second kappa shape index (κ2) is 7.40. The molecule has 0 aliphatic heterocycles. The summed E-state index contributed by atoms with van der Waals surface area (Å²) in [5.74, 6) is 0.619. The van der Waals surface area contributed by atoms with Gasteiger partial charge in [0.1, 0.15) is 11.4 Å². The molecule has 21 heavy (non-hydrogen) atoms. The molecule has 0 heterocycles. The van der Waals surface area contributed by atoms with Crippen molar-refractivity contribution in [2.75, 3.05) is 19.0 Å². The molecule has 7 nitrogen and oxygen atoms in total. The molecule has 0 saturated carbocycles. The van der Waals surface area contributed by atoms with E-state index in [1.807, 2.05) is 6.07 Å². The first-order valence-electron chi connectivity index (χ1n) is 6.53. The number of ether oxygens (including phenoxy) is 2. The van der Waals surface area contributed by atoms with Crippen LogP contribution in [0.4, 0.5) is 10.5 Å². The Morgan fingerprint density at radius 3 is 2.71 bits per heavy atom. The number of carbonyl (C=O) groups is 1. The van der Waals surface area contributed by atoms with Crippen LogP contribution in [0.5, 0.6) is 5.75 Å². The Bertz CT molecular complexity index is 546. The largest absolute Gasteiger partial charge is 0.497 e. The molecule has 1 aromatic rings. The number of rotatable bonds is 5. The lowest BCUT2D eigenvalue weighted by atomic mass is 10.1. The van der Waals surface area contributed by atoms with E-state index < -0.39 is 11.7 Å². The van der Waals surface area contributed by atoms with Gasteiger partial charge < -0.3 is 9.47 Å². The highest BCUT2D eigenvalue weighted by Crippen LogP contribution is 2.24. The Kier molecular flexibility index (Phi) is 5.87. The van der Waals surface area contributed by atoms with Gasteiger partial charge in [0, 0.05) is 17.5 Å². The lowest BCUT2D eigenvalue weighted by Crippen LogP contribution is -2.27. The summed E-state index contributed by atoms with van der Waals surface area (Å²) in [6.45, 7) is 5.69. The maximum absolute atomic E-state index is 11.9. The van der Waals surface area contributed by atoms with Crippen molar-refractivity contribution in [2.45, 2.75) is 32.8 Å². The zero-order valence-corrected chi connectivity index (χ0v) is 12.7. The molecule has 0 fully saturated rings. The van der Waals surface area contributed by atoms with Crippen molar-refractivity contribution in [3.8, 4) is 5.75 Å². The topological polar surface area (TPSA) is 96.3 Å². The number of nitrogens with zero attached hydrogens (tertiary/aromatic N) is 3. The van der Waals surface area contributed by atoms with Gasteiger partial charge >= 0.3 is 6.09 Å². The highest BCUT2D eigenvalue weighted by molar-refractivity contribution is 5.86. The minimum Gasteiger partial charge on any atom is -0.497 e. The van der Waals surface area contributed by atoms with E-state index in [1.165, 1.54) is 0 Å². The highest BCUT2D eigenvalue weighted by Gasteiger charge is 2.17. The first kappa shape index (κ1) is 16.7. The van der Waals surface area contributed by atoms with E-state index in [4.69, 9.17) is 15.0 Å². The molecule has 0 bridgehead atoms. The Morgan fingerprint density at radius 1 is 1.43 bits per heavy atom. The van der Waals surface area contributed by atoms with Crippen LogP contribution in [-0.4, -0.2) is 25.3 Å². The van der Waals surface area contributed by atoms with Gasteiger partial charge in [-0.1, -0.05) is 11.2 Å². The standard InChI is InChI=1S/C14H20N4O3/c1-14(2,3)21-13(19)17-12-9-11(20-4)6-5-10(12)7-8-16-18-15/h5-6,9H,7-8H2,1-4H3,(H,17,19). The Hall–Kier alpha value is -2.40. The lowest BCUT2D eigenvalue weighted by Gasteiger charge is -2.20. The average Bonchev–Trinajstić information content (AvgIpc) is 2.38. The van der Waals surface area contributed by atoms with E-state index in [0.29, 0.717) is 24.4 Å². The van der Waals surface area contributed by atoms with E-state index in [0.717, 1.165) is 5.56 Å². The van der Waals surface area contributed by atoms with Gasteiger partial charge in [0.15, 0.2) is 0 Å². The number of azide groups is 1. The molecule has 0 saturated heterocycles. The molecule has 0 unspecified atom stereocenters. The van der Waals surface area contributed by atoms with Gasteiger partial charge in [-0.15, -0.1) is 0 Å². The van der Waals surface area contributed by atoms with Gasteiger partial charge in [-0.3, -0.25) is 5.32 Å². The number of hydrogen-bond acceptors (Lipinski definition) is 4. The van der Waals surface area contributed by atoms with Gasteiger partial charge in [0.25, 0.3) is 0 Å². The third kappa shape index (κ3) is 6.05. The lowest BCUT2D eigenvalue weighted by molar-refractivity contribution is 0.0636. The molecule has 0 aromatic heterocycles. The minimum atomic E-state index is -0.575. The van der Waals surface area contributed by atoms with E-state index in [1.54, 1.807) is 40.0 Å². The SMILES string of the molecule is COc1ccc(CCN=[N+]=[N-])c(NC(=O)OC(C)(C)C)c1. The smallest absolute Gasteiger partial charge is 0.412 e. The normalized spacial score (nSPS) is 10.5. The summed E-state index contributed by atoms with van der Waals surface area (Å²) in [6.07, 6.45) is -0.0279. The molecule has 7 heteroatoms. The quantitative estimate of drug-likeness (QED) is 0.506. The zero-order valence-electron chi connectivity index (χ0n) is 12.7. The summed E-state index contributed by atoms with van der Waals surface area (Å²) in [5.41, 5.74) is 9.16. The molecule has 1 aromatic carbocycles. The molecule has 114 valence electrons. The number of amides is 1. The molecule has 1 N–H and O–H groups in total. The predicted molar refractivity (Wildman–Crippen MR) is 80.6 cm³/mol. The second-order valence-electron chi connectivity index (χ2n) is 5.35. The number of hydrogen-bond donors (Lipinski definition) is 1. The average molecular weight is 292 g/mol. The van der Waals surface area contributed by atoms with Crippen molar-refractivity contribution in [1.82, 2.24) is 0 Å². The summed E-state index contributed by atoms with van der Waals surface area (Å²) in [5, 5.41) is 6.19. The molecule has 0 atom stereocenters. The van der Waals surface area contributed by atoms with Crippen LogP contribution in [0, 0.1) is 0 Å². The highest BCUT2D eigenvalue weighted by atomic mass is 16.6. The van der Waals surface area contributed by atoms with Crippen LogP contribution >= 0.6 is 0 Å². The molecule has 0 spiro atoms. The monoisotopic (exact) mass is 292 g/mol. The molecule has 0 radical (unpaired) electrons. The summed E-state index contributed by atoms with van der Waals surface area (Å²) in [6, 6.07) is 5.31. The van der Waals surface area contributed by atoms with Gasteiger partial charge in [0.2, 0.25) is 0 Å². The van der Waals surface area contributed by atoms with Crippen molar-refractivity contribution < 1.29 is 14.3 Å². The summed E-state index contributed by atoms with van der Waals surface area (Å²) < 4.78 is 10.4. The molecule has 0 aliphatic carbocycles. The van der Waals surface area contributed by atoms with Crippen molar-refractivity contribution >= 4 is 11.8 Å². The molecular formula is C14H20N4O3. The predicted octanol–water partition coefficient (Wildman–Crippen LogP) is 3.90. The number of nitrogens with one attached hydrogen (secondary N) is 1. The summed E-state index contributed by atoms with van der Waals surface area (Å²) in [7, 11) is 1.55. The van der Waals surface area contributed by atoms with Crippen LogP contribution in [0.1, 0.15) is 26.3 Å². The second-order valence-corrected chi connectivity index (χ2v) is 5.35. The molecule has 1 amide bonds. The van der Waals surface area contributed by atoms with E-state index in [9.17, 15) is 4.79 Å². The summed E-state index contributed by atoms with van der Waals surface area (Å²) >= 11 is 0. The van der Waals surface area contributed by atoms with Crippen LogP contribution in [0.25, 0.3) is 10.4 Å². The van der Waals surface area contributed by atoms with Gasteiger partial charge in [-0.25, -0.2) is 4.79 Å². The number of carbonyl (C=O) groups excluding carboxylic acids is 1. The van der Waals surface area contributed by atoms with E-state index in [2.05, 4.69) is 15.3 Å². The molecular weight excluding hydrogens is 272 g/mol. The third-order valence-electron chi connectivity index (χ3n) is 2.50. The fourth-order valence-electron chi connectivity index (χ4n) is 1.65. The minimum absolute atomic E-state index is 0.311.